The van der Waals surface area contributed by atoms with Gasteiger partial charge < -0.3 is 9.47 Å². The zero-order chi connectivity index (χ0) is 13.2. The third-order valence-corrected chi connectivity index (χ3v) is 3.55. The van der Waals surface area contributed by atoms with E-state index in [9.17, 15) is 0 Å². The molecule has 0 aromatic rings. The van der Waals surface area contributed by atoms with E-state index in [-0.39, 0.29) is 0 Å². The first kappa shape index (κ1) is 16.2. The van der Waals surface area contributed by atoms with Crippen molar-refractivity contribution in [1.29, 1.82) is 0 Å². The molecule has 4 nitrogen and oxygen atoms in total. The predicted molar refractivity (Wildman–Crippen MR) is 75.4 cm³/mol. The minimum atomic E-state index is 0.664. The largest absolute Gasteiger partial charge is 0.382 e. The van der Waals surface area contributed by atoms with Gasteiger partial charge in [-0.2, -0.15) is 0 Å². The van der Waals surface area contributed by atoms with Crippen LogP contribution in [0.4, 0.5) is 0 Å². The van der Waals surface area contributed by atoms with E-state index in [0.29, 0.717) is 18.2 Å². The number of methoxy groups -OCH3 is 1. The van der Waals surface area contributed by atoms with Crippen molar-refractivity contribution < 1.29 is 9.47 Å². The monoisotopic (exact) mass is 296 g/mol. The van der Waals surface area contributed by atoms with E-state index >= 15 is 0 Å². The van der Waals surface area contributed by atoms with Crippen LogP contribution in [-0.4, -0.2) is 76.0 Å². The number of ether oxygens (including phenoxy) is 2. The van der Waals surface area contributed by atoms with Crippen molar-refractivity contribution in [2.45, 2.75) is 0 Å². The average Bonchev–Trinajstić information content (AvgIpc) is 2.40. The van der Waals surface area contributed by atoms with Crippen LogP contribution in [0.2, 0.25) is 0 Å². The van der Waals surface area contributed by atoms with Gasteiger partial charge in [0.25, 0.3) is 0 Å². The van der Waals surface area contributed by atoms with Crippen LogP contribution < -0.4 is 0 Å². The molecule has 0 amide bonds. The second kappa shape index (κ2) is 10.0. The number of halogens is 2. The number of hydrogen-bond acceptors (Lipinski definition) is 4. The van der Waals surface area contributed by atoms with Gasteiger partial charge in [-0.25, -0.2) is 0 Å². The van der Waals surface area contributed by atoms with Crippen molar-refractivity contribution in [2.24, 2.45) is 0 Å². The highest BCUT2D eigenvalue weighted by Crippen LogP contribution is 2.09. The highest BCUT2D eigenvalue weighted by Gasteiger charge is 2.16. The Kier molecular flexibility index (Phi) is 9.02. The number of rotatable bonds is 8. The summed E-state index contributed by atoms with van der Waals surface area (Å²) in [6, 6.07) is 0. The first-order valence-electron chi connectivity index (χ1n) is 6.22. The first-order valence-corrected chi connectivity index (χ1v) is 7.04. The predicted octanol–water partition coefficient (Wildman–Crippen LogP) is 1.59. The van der Waals surface area contributed by atoms with Crippen molar-refractivity contribution in [3.8, 4) is 0 Å². The summed E-state index contributed by atoms with van der Waals surface area (Å²) in [7, 11) is 1.68. The smallest absolute Gasteiger partial charge is 0.0700 e. The van der Waals surface area contributed by atoms with Gasteiger partial charge in [-0.3, -0.25) is 9.80 Å². The molecule has 1 rings (SSSR count). The van der Waals surface area contributed by atoms with Crippen LogP contribution in [0.5, 0.6) is 0 Å². The summed E-state index contributed by atoms with van der Waals surface area (Å²) in [5.41, 5.74) is 1.44. The summed E-state index contributed by atoms with van der Waals surface area (Å²) in [6.07, 6.45) is 0. The van der Waals surface area contributed by atoms with Crippen molar-refractivity contribution in [3.63, 3.8) is 0 Å². The summed E-state index contributed by atoms with van der Waals surface area (Å²) < 4.78 is 10.4. The van der Waals surface area contributed by atoms with Gasteiger partial charge in [0.2, 0.25) is 0 Å². The molecular formula is C12H22Cl2N2O2. The van der Waals surface area contributed by atoms with E-state index in [1.54, 1.807) is 7.11 Å². The molecule has 0 saturated carbocycles. The molecule has 0 aromatic heterocycles. The molecule has 0 unspecified atom stereocenters. The molecule has 0 N–H and O–H groups in total. The Bertz CT molecular complexity index is 244. The minimum absolute atomic E-state index is 0.664. The SMILES string of the molecule is COCCOCCN1CCN(CC(Cl)=CCl)CC1. The van der Waals surface area contributed by atoms with Crippen molar-refractivity contribution in [2.75, 3.05) is 66.2 Å². The molecule has 0 bridgehead atoms. The van der Waals surface area contributed by atoms with Crippen LogP contribution in [0.15, 0.2) is 10.6 Å². The van der Waals surface area contributed by atoms with E-state index in [2.05, 4.69) is 9.80 Å². The normalized spacial score (nSPS) is 19.4. The van der Waals surface area contributed by atoms with Gasteiger partial charge in [-0.05, 0) is 0 Å². The summed E-state index contributed by atoms with van der Waals surface area (Å²) in [5.74, 6) is 0. The Morgan fingerprint density at radius 1 is 1.11 bits per heavy atom. The lowest BCUT2D eigenvalue weighted by molar-refractivity contribution is 0.0473. The van der Waals surface area contributed by atoms with Gasteiger partial charge in [0, 0.05) is 56.9 Å². The van der Waals surface area contributed by atoms with Gasteiger partial charge in [-0.1, -0.05) is 23.2 Å². The molecule has 106 valence electrons. The fourth-order valence-electron chi connectivity index (χ4n) is 1.86. The van der Waals surface area contributed by atoms with E-state index < -0.39 is 0 Å². The summed E-state index contributed by atoms with van der Waals surface area (Å²) in [5, 5.41) is 0.702. The van der Waals surface area contributed by atoms with Crippen LogP contribution in [0.1, 0.15) is 0 Å². The highest BCUT2D eigenvalue weighted by atomic mass is 35.5. The lowest BCUT2D eigenvalue weighted by Crippen LogP contribution is -2.47. The molecule has 1 fully saturated rings. The Hall–Kier alpha value is 0.160. The van der Waals surface area contributed by atoms with Crippen LogP contribution in [0.25, 0.3) is 0 Å². The zero-order valence-electron chi connectivity index (χ0n) is 10.9. The lowest BCUT2D eigenvalue weighted by atomic mass is 10.3. The number of piperazine rings is 1. The quantitative estimate of drug-likeness (QED) is 0.635. The maximum atomic E-state index is 5.91. The van der Waals surface area contributed by atoms with Gasteiger partial charge in [-0.15, -0.1) is 0 Å². The second-order valence-electron chi connectivity index (χ2n) is 4.28. The number of nitrogens with zero attached hydrogens (tertiary/aromatic N) is 2. The number of hydrogen-bond donors (Lipinski definition) is 0. The fourth-order valence-corrected chi connectivity index (χ4v) is 2.10. The van der Waals surface area contributed by atoms with Crippen molar-refractivity contribution >= 4 is 23.2 Å². The van der Waals surface area contributed by atoms with Gasteiger partial charge in [0.1, 0.15) is 0 Å². The Morgan fingerprint density at radius 3 is 2.39 bits per heavy atom. The molecule has 18 heavy (non-hydrogen) atoms. The van der Waals surface area contributed by atoms with Crippen LogP contribution in [0.3, 0.4) is 0 Å². The molecule has 6 heteroatoms. The molecule has 0 atom stereocenters. The molecule has 0 aromatic carbocycles. The second-order valence-corrected chi connectivity index (χ2v) is 4.98. The fraction of sp³-hybridized carbons (Fsp3) is 0.833. The van der Waals surface area contributed by atoms with Gasteiger partial charge >= 0.3 is 0 Å². The Morgan fingerprint density at radius 2 is 1.78 bits per heavy atom. The maximum Gasteiger partial charge on any atom is 0.0700 e. The standard InChI is InChI=1S/C12H22Cl2N2O2/c1-17-8-9-18-7-6-15-2-4-16(5-3-15)11-12(14)10-13/h10H,2-9,11H2,1H3. The average molecular weight is 297 g/mol. The molecule has 1 heterocycles. The minimum Gasteiger partial charge on any atom is -0.382 e. The molecule has 1 aliphatic heterocycles. The molecule has 0 aliphatic carbocycles. The van der Waals surface area contributed by atoms with Gasteiger partial charge in [0.05, 0.1) is 19.8 Å². The molecule has 1 saturated heterocycles. The first-order chi connectivity index (χ1) is 8.76. The van der Waals surface area contributed by atoms with E-state index in [0.717, 1.165) is 45.9 Å². The van der Waals surface area contributed by atoms with E-state index in [4.69, 9.17) is 32.7 Å². The van der Waals surface area contributed by atoms with E-state index in [1.165, 1.54) is 5.54 Å². The Labute approximate surface area is 119 Å². The van der Waals surface area contributed by atoms with Gasteiger partial charge in [0.15, 0.2) is 0 Å². The van der Waals surface area contributed by atoms with Crippen molar-refractivity contribution in [3.05, 3.63) is 10.6 Å². The molecular weight excluding hydrogens is 275 g/mol. The van der Waals surface area contributed by atoms with Crippen LogP contribution in [-0.2, 0) is 9.47 Å². The summed E-state index contributed by atoms with van der Waals surface area (Å²) >= 11 is 11.5. The molecule has 0 radical (unpaired) electrons. The third kappa shape index (κ3) is 6.92. The van der Waals surface area contributed by atoms with Crippen LogP contribution >= 0.6 is 23.2 Å². The summed E-state index contributed by atoms with van der Waals surface area (Å²) in [6.45, 7) is 8.01. The lowest BCUT2D eigenvalue weighted by Gasteiger charge is -2.34. The highest BCUT2D eigenvalue weighted by molar-refractivity contribution is 6.36. The topological polar surface area (TPSA) is 24.9 Å². The third-order valence-electron chi connectivity index (χ3n) is 2.94. The Balaban J connectivity index is 2.04. The molecule has 0 spiro atoms. The maximum absolute atomic E-state index is 5.91. The van der Waals surface area contributed by atoms with Crippen molar-refractivity contribution in [1.82, 2.24) is 9.80 Å². The summed E-state index contributed by atoms with van der Waals surface area (Å²) in [4.78, 5) is 4.71. The van der Waals surface area contributed by atoms with Crippen LogP contribution in [0, 0.1) is 0 Å². The molecule has 1 aliphatic rings. The van der Waals surface area contributed by atoms with E-state index in [1.807, 2.05) is 0 Å². The zero-order valence-corrected chi connectivity index (χ0v) is 12.4.